The number of hydrogen-bond acceptors (Lipinski definition) is 2. The van der Waals surface area contributed by atoms with Crippen molar-refractivity contribution in [3.05, 3.63) is 60.7 Å². The zero-order chi connectivity index (χ0) is 18.6. The van der Waals surface area contributed by atoms with Crippen molar-refractivity contribution in [2.75, 3.05) is 18.7 Å². The Morgan fingerprint density at radius 1 is 0.963 bits per heavy atom. The number of quaternary nitrogens is 1. The maximum atomic E-state index is 3.69. The van der Waals surface area contributed by atoms with Gasteiger partial charge in [0.2, 0.25) is 6.67 Å². The third-order valence-electron chi connectivity index (χ3n) is 6.45. The molecule has 1 unspecified atom stereocenters. The van der Waals surface area contributed by atoms with Crippen LogP contribution in [0.1, 0.15) is 33.1 Å². The van der Waals surface area contributed by atoms with Gasteiger partial charge >= 0.3 is 5.96 Å². The van der Waals surface area contributed by atoms with E-state index >= 15 is 0 Å². The maximum Gasteiger partial charge on any atom is 0.364 e. The zero-order valence-electron chi connectivity index (χ0n) is 16.5. The molecule has 0 saturated heterocycles. The van der Waals surface area contributed by atoms with E-state index in [1.54, 1.807) is 4.90 Å². The average molecular weight is 365 g/mol. The van der Waals surface area contributed by atoms with E-state index in [9.17, 15) is 0 Å². The van der Waals surface area contributed by atoms with Gasteiger partial charge in [-0.25, -0.2) is 10.6 Å². The summed E-state index contributed by atoms with van der Waals surface area (Å²) in [6.45, 7) is 6.85. The summed E-state index contributed by atoms with van der Waals surface area (Å²) in [5.41, 5.74) is 2.35. The van der Waals surface area contributed by atoms with Crippen LogP contribution in [0.25, 0.3) is 0 Å². The highest BCUT2D eigenvalue weighted by atomic mass is 15.4. The second kappa shape index (κ2) is 8.13. The molecule has 0 radical (unpaired) electrons. The van der Waals surface area contributed by atoms with Crippen LogP contribution in [-0.2, 0) is 0 Å². The van der Waals surface area contributed by atoms with E-state index in [1.165, 1.54) is 24.9 Å². The Morgan fingerprint density at radius 3 is 2.41 bits per heavy atom. The number of anilines is 1. The molecule has 142 valence electrons. The van der Waals surface area contributed by atoms with Gasteiger partial charge < -0.3 is 0 Å². The Hall–Kier alpha value is -2.33. The first-order chi connectivity index (χ1) is 13.2. The van der Waals surface area contributed by atoms with Gasteiger partial charge in [0, 0.05) is 5.92 Å². The molecule has 2 aliphatic rings. The summed E-state index contributed by atoms with van der Waals surface area (Å²) >= 11 is 0. The van der Waals surface area contributed by atoms with E-state index < -0.39 is 0 Å². The SMILES string of the molecule is C[C@@H]1[C@H]([NH+]2CNC(Nc3ccccc3)=[N+](c3ccccc3)C2)CCC[C@@H]1C. The fourth-order valence-corrected chi connectivity index (χ4v) is 4.64. The van der Waals surface area contributed by atoms with Crippen molar-refractivity contribution in [1.82, 2.24) is 5.32 Å². The van der Waals surface area contributed by atoms with Crippen molar-refractivity contribution >= 4 is 17.3 Å². The van der Waals surface area contributed by atoms with Crippen LogP contribution in [-0.4, -0.2) is 29.9 Å². The Morgan fingerprint density at radius 2 is 1.67 bits per heavy atom. The minimum atomic E-state index is 0.728. The van der Waals surface area contributed by atoms with E-state index in [2.05, 4.69) is 89.7 Å². The highest BCUT2D eigenvalue weighted by Crippen LogP contribution is 2.28. The first-order valence-corrected chi connectivity index (χ1v) is 10.3. The quantitative estimate of drug-likeness (QED) is 0.732. The molecule has 2 aromatic rings. The Bertz CT molecular complexity index is 771. The smallest absolute Gasteiger partial charge is 0.274 e. The van der Waals surface area contributed by atoms with Crippen molar-refractivity contribution in [3.8, 4) is 0 Å². The topological polar surface area (TPSA) is 31.5 Å². The molecular weight excluding hydrogens is 332 g/mol. The summed E-state index contributed by atoms with van der Waals surface area (Å²) in [5.74, 6) is 2.68. The summed E-state index contributed by atoms with van der Waals surface area (Å²) in [6.07, 6.45) is 4.09. The summed E-state index contributed by atoms with van der Waals surface area (Å²) in [4.78, 5) is 1.65. The number of nitrogens with one attached hydrogen (secondary N) is 3. The molecule has 4 atom stereocenters. The molecule has 1 fully saturated rings. The highest BCUT2D eigenvalue weighted by molar-refractivity contribution is 5.90. The van der Waals surface area contributed by atoms with Gasteiger partial charge in [0.15, 0.2) is 6.67 Å². The van der Waals surface area contributed by atoms with E-state index in [0.29, 0.717) is 0 Å². The largest absolute Gasteiger partial charge is 0.364 e. The van der Waals surface area contributed by atoms with Crippen molar-refractivity contribution in [2.24, 2.45) is 11.8 Å². The normalized spacial score (nSPS) is 28.5. The van der Waals surface area contributed by atoms with Gasteiger partial charge in [-0.1, -0.05) is 50.2 Å². The minimum Gasteiger partial charge on any atom is -0.274 e. The van der Waals surface area contributed by atoms with Crippen LogP contribution >= 0.6 is 0 Å². The van der Waals surface area contributed by atoms with E-state index in [1.807, 2.05) is 0 Å². The molecule has 3 N–H and O–H groups in total. The fourth-order valence-electron chi connectivity index (χ4n) is 4.64. The Balaban J connectivity index is 1.62. The standard InChI is InChI=1S/C23H30N4/c1-18-10-9-15-22(19(18)2)26-16-24-23(25-20-11-5-3-6-12-20)27(17-26)21-13-7-4-8-14-21/h3-8,11-14,18-19,22H,9-10,15-17H2,1-2H3,(H,24,25)/p+2/t18-,19-,22+/m0/s1. The Kier molecular flexibility index (Phi) is 5.44. The van der Waals surface area contributed by atoms with Gasteiger partial charge in [-0.05, 0) is 49.4 Å². The lowest BCUT2D eigenvalue weighted by Crippen LogP contribution is -3.20. The van der Waals surface area contributed by atoms with E-state index in [-0.39, 0.29) is 0 Å². The van der Waals surface area contributed by atoms with Crippen molar-refractivity contribution < 1.29 is 9.48 Å². The highest BCUT2D eigenvalue weighted by Gasteiger charge is 2.39. The molecule has 4 nitrogen and oxygen atoms in total. The lowest BCUT2D eigenvalue weighted by atomic mass is 9.77. The number of nitrogens with zero attached hydrogens (tertiary/aromatic N) is 1. The van der Waals surface area contributed by atoms with Gasteiger partial charge in [-0.3, -0.25) is 4.90 Å². The number of para-hydroxylation sites is 2. The molecule has 1 saturated carbocycles. The second-order valence-corrected chi connectivity index (χ2v) is 8.15. The summed E-state index contributed by atoms with van der Waals surface area (Å²) in [6, 6.07) is 21.9. The molecule has 4 rings (SSSR count). The van der Waals surface area contributed by atoms with Gasteiger partial charge in [0.25, 0.3) is 0 Å². The fraction of sp³-hybridized carbons (Fsp3) is 0.435. The van der Waals surface area contributed by atoms with Crippen LogP contribution in [0.15, 0.2) is 60.7 Å². The third-order valence-corrected chi connectivity index (χ3v) is 6.45. The van der Waals surface area contributed by atoms with Crippen LogP contribution in [0, 0.1) is 11.8 Å². The molecule has 4 heteroatoms. The number of hydrogen-bond donors (Lipinski definition) is 3. The van der Waals surface area contributed by atoms with Crippen molar-refractivity contribution in [1.29, 1.82) is 0 Å². The molecule has 1 aliphatic heterocycles. The lowest BCUT2D eigenvalue weighted by Gasteiger charge is -2.39. The van der Waals surface area contributed by atoms with Crippen molar-refractivity contribution in [2.45, 2.75) is 39.2 Å². The molecule has 0 bridgehead atoms. The third kappa shape index (κ3) is 4.01. The minimum absolute atomic E-state index is 0.728. The molecule has 2 aromatic carbocycles. The predicted molar refractivity (Wildman–Crippen MR) is 111 cm³/mol. The van der Waals surface area contributed by atoms with Gasteiger partial charge in [-0.2, -0.15) is 4.58 Å². The Labute approximate surface area is 162 Å². The van der Waals surface area contributed by atoms with Crippen LogP contribution in [0.2, 0.25) is 0 Å². The average Bonchev–Trinajstić information content (AvgIpc) is 2.72. The van der Waals surface area contributed by atoms with Crippen LogP contribution < -0.4 is 15.5 Å². The van der Waals surface area contributed by atoms with Gasteiger partial charge in [-0.15, -0.1) is 0 Å². The monoisotopic (exact) mass is 364 g/mol. The molecule has 0 spiro atoms. The molecule has 0 amide bonds. The molecular formula is C23H32N4+2. The predicted octanol–water partition coefficient (Wildman–Crippen LogP) is 3.03. The molecule has 1 aliphatic carbocycles. The van der Waals surface area contributed by atoms with Crippen LogP contribution in [0.5, 0.6) is 0 Å². The second-order valence-electron chi connectivity index (χ2n) is 8.15. The molecule has 0 aromatic heterocycles. The number of rotatable bonds is 3. The van der Waals surface area contributed by atoms with Crippen LogP contribution in [0.4, 0.5) is 11.4 Å². The van der Waals surface area contributed by atoms with Gasteiger partial charge in [0.1, 0.15) is 5.69 Å². The summed E-state index contributed by atoms with van der Waals surface area (Å²) in [7, 11) is 0. The molecule has 27 heavy (non-hydrogen) atoms. The lowest BCUT2D eigenvalue weighted by molar-refractivity contribution is -0.998. The first-order valence-electron chi connectivity index (χ1n) is 10.3. The van der Waals surface area contributed by atoms with E-state index in [4.69, 9.17) is 0 Å². The molecule has 1 heterocycles. The van der Waals surface area contributed by atoms with Crippen molar-refractivity contribution in [3.63, 3.8) is 0 Å². The first kappa shape index (κ1) is 18.1. The number of guanidine groups is 1. The number of benzene rings is 2. The summed E-state index contributed by atoms with van der Waals surface area (Å²) in [5, 5.41) is 7.28. The maximum absolute atomic E-state index is 3.69. The van der Waals surface area contributed by atoms with Crippen LogP contribution in [0.3, 0.4) is 0 Å². The summed E-state index contributed by atoms with van der Waals surface area (Å²) < 4.78 is 2.40. The van der Waals surface area contributed by atoms with E-state index in [0.717, 1.165) is 42.9 Å². The zero-order valence-corrected chi connectivity index (χ0v) is 16.5. The van der Waals surface area contributed by atoms with Gasteiger partial charge in [0.05, 0.1) is 11.7 Å².